The molecule has 0 amide bonds. The van der Waals surface area contributed by atoms with Crippen molar-refractivity contribution in [1.82, 2.24) is 9.97 Å². The van der Waals surface area contributed by atoms with Gasteiger partial charge in [0.25, 0.3) is 0 Å². The molecule has 0 fully saturated rings. The zero-order valence-corrected chi connectivity index (χ0v) is 10.6. The fourth-order valence-corrected chi connectivity index (χ4v) is 1.53. The fraction of sp³-hybridized carbons (Fsp3) is 0.143. The summed E-state index contributed by atoms with van der Waals surface area (Å²) in [5.41, 5.74) is 0.289. The Morgan fingerprint density at radius 2 is 1.90 bits per heavy atom. The molecule has 0 radical (unpaired) electrons. The second kappa shape index (κ2) is 6.01. The molecule has 1 atom stereocenters. The number of halogens is 1. The second-order valence-electron chi connectivity index (χ2n) is 4.01. The summed E-state index contributed by atoms with van der Waals surface area (Å²) in [5.74, 6) is -1.59. The van der Waals surface area contributed by atoms with Gasteiger partial charge < -0.3 is 4.74 Å². The molecule has 0 bridgehead atoms. The largest absolute Gasteiger partial charge is 0.449 e. The van der Waals surface area contributed by atoms with E-state index in [2.05, 4.69) is 9.97 Å². The minimum absolute atomic E-state index is 0.0197. The number of aromatic nitrogens is 2. The summed E-state index contributed by atoms with van der Waals surface area (Å²) in [6, 6.07) is 5.02. The summed E-state index contributed by atoms with van der Waals surface area (Å²) < 4.78 is 17.8. The SMILES string of the molecule is C[C@@H](OC(=O)c1cnccn1)C(=O)c1ccc(F)cc1. The molecular formula is C14H11FN2O3. The van der Waals surface area contributed by atoms with Gasteiger partial charge in [0, 0.05) is 18.0 Å². The van der Waals surface area contributed by atoms with Crippen LogP contribution in [0.3, 0.4) is 0 Å². The van der Waals surface area contributed by atoms with Gasteiger partial charge in [-0.15, -0.1) is 0 Å². The van der Waals surface area contributed by atoms with Crippen LogP contribution in [0.5, 0.6) is 0 Å². The number of benzene rings is 1. The summed E-state index contributed by atoms with van der Waals surface area (Å²) in [6.45, 7) is 1.44. The molecule has 1 heterocycles. The molecule has 5 nitrogen and oxygen atoms in total. The normalized spacial score (nSPS) is 11.7. The van der Waals surface area contributed by atoms with Gasteiger partial charge in [-0.2, -0.15) is 0 Å². The van der Waals surface area contributed by atoms with E-state index in [-0.39, 0.29) is 11.3 Å². The third-order valence-electron chi connectivity index (χ3n) is 2.55. The van der Waals surface area contributed by atoms with Gasteiger partial charge in [-0.1, -0.05) is 0 Å². The van der Waals surface area contributed by atoms with Gasteiger partial charge in [-0.05, 0) is 31.2 Å². The Hall–Kier alpha value is -2.63. The first-order chi connectivity index (χ1) is 9.58. The maximum Gasteiger partial charge on any atom is 0.359 e. The third kappa shape index (κ3) is 3.23. The summed E-state index contributed by atoms with van der Waals surface area (Å²) in [4.78, 5) is 31.2. The number of hydrogen-bond donors (Lipinski definition) is 0. The minimum Gasteiger partial charge on any atom is -0.449 e. The van der Waals surface area contributed by atoms with Crippen molar-refractivity contribution >= 4 is 11.8 Å². The minimum atomic E-state index is -0.991. The first kappa shape index (κ1) is 13.8. The lowest BCUT2D eigenvalue weighted by Crippen LogP contribution is -2.25. The molecule has 0 aliphatic carbocycles. The molecule has 0 unspecified atom stereocenters. The van der Waals surface area contributed by atoms with Gasteiger partial charge in [-0.3, -0.25) is 9.78 Å². The van der Waals surface area contributed by atoms with Crippen LogP contribution in [0.2, 0.25) is 0 Å². The lowest BCUT2D eigenvalue weighted by atomic mass is 10.1. The highest BCUT2D eigenvalue weighted by Crippen LogP contribution is 2.09. The average molecular weight is 274 g/mol. The van der Waals surface area contributed by atoms with Crippen molar-refractivity contribution in [3.05, 3.63) is 59.9 Å². The van der Waals surface area contributed by atoms with Crippen LogP contribution in [0, 0.1) is 5.82 Å². The zero-order chi connectivity index (χ0) is 14.5. The average Bonchev–Trinajstić information content (AvgIpc) is 2.48. The fourth-order valence-electron chi connectivity index (χ4n) is 1.53. The molecule has 0 aliphatic heterocycles. The Morgan fingerprint density at radius 3 is 2.50 bits per heavy atom. The summed E-state index contributed by atoms with van der Waals surface area (Å²) in [6.07, 6.45) is 3.03. The molecule has 1 aromatic carbocycles. The lowest BCUT2D eigenvalue weighted by molar-refractivity contribution is 0.0312. The monoisotopic (exact) mass is 274 g/mol. The Balaban J connectivity index is 2.05. The van der Waals surface area contributed by atoms with Crippen LogP contribution in [0.15, 0.2) is 42.9 Å². The molecule has 0 aliphatic rings. The van der Waals surface area contributed by atoms with Crippen molar-refractivity contribution in [2.24, 2.45) is 0 Å². The second-order valence-corrected chi connectivity index (χ2v) is 4.01. The Kier molecular flexibility index (Phi) is 4.14. The van der Waals surface area contributed by atoms with Crippen molar-refractivity contribution < 1.29 is 18.7 Å². The van der Waals surface area contributed by atoms with Crippen LogP contribution in [0.25, 0.3) is 0 Å². The van der Waals surface area contributed by atoms with E-state index in [1.165, 1.54) is 49.8 Å². The van der Waals surface area contributed by atoms with Crippen molar-refractivity contribution in [3.8, 4) is 0 Å². The molecular weight excluding hydrogens is 263 g/mol. The lowest BCUT2D eigenvalue weighted by Gasteiger charge is -2.11. The molecule has 2 rings (SSSR count). The van der Waals surface area contributed by atoms with Crippen LogP contribution in [0.4, 0.5) is 4.39 Å². The highest BCUT2D eigenvalue weighted by atomic mass is 19.1. The van der Waals surface area contributed by atoms with E-state index >= 15 is 0 Å². The summed E-state index contributed by atoms with van der Waals surface area (Å²) in [7, 11) is 0. The van der Waals surface area contributed by atoms with Gasteiger partial charge in [0.1, 0.15) is 5.82 Å². The Bertz CT molecular complexity index is 614. The highest BCUT2D eigenvalue weighted by Gasteiger charge is 2.21. The van der Waals surface area contributed by atoms with Crippen LogP contribution in [-0.4, -0.2) is 27.8 Å². The molecule has 0 saturated heterocycles. The molecule has 0 spiro atoms. The Labute approximate surface area is 114 Å². The molecule has 0 saturated carbocycles. The quantitative estimate of drug-likeness (QED) is 0.630. The van der Waals surface area contributed by atoms with Crippen LogP contribution in [-0.2, 0) is 4.74 Å². The van der Waals surface area contributed by atoms with Crippen LogP contribution >= 0.6 is 0 Å². The molecule has 0 N–H and O–H groups in total. The maximum atomic E-state index is 12.8. The first-order valence-corrected chi connectivity index (χ1v) is 5.84. The number of rotatable bonds is 4. The van der Waals surface area contributed by atoms with Crippen molar-refractivity contribution in [3.63, 3.8) is 0 Å². The topological polar surface area (TPSA) is 69.2 Å². The highest BCUT2D eigenvalue weighted by molar-refractivity contribution is 6.01. The van der Waals surface area contributed by atoms with E-state index < -0.39 is 23.7 Å². The predicted octanol–water partition coefficient (Wildman–Crippen LogP) is 2.04. The van der Waals surface area contributed by atoms with Crippen LogP contribution in [0.1, 0.15) is 27.8 Å². The van der Waals surface area contributed by atoms with E-state index in [1.807, 2.05) is 0 Å². The van der Waals surface area contributed by atoms with Crippen molar-refractivity contribution in [2.75, 3.05) is 0 Å². The van der Waals surface area contributed by atoms with Gasteiger partial charge in [0.15, 0.2) is 11.8 Å². The molecule has 2 aromatic rings. The van der Waals surface area contributed by atoms with Crippen molar-refractivity contribution in [2.45, 2.75) is 13.0 Å². The van der Waals surface area contributed by atoms with Crippen LogP contribution < -0.4 is 0 Å². The van der Waals surface area contributed by atoms with E-state index in [1.54, 1.807) is 0 Å². The molecule has 20 heavy (non-hydrogen) atoms. The third-order valence-corrected chi connectivity index (χ3v) is 2.55. The molecule has 102 valence electrons. The summed E-state index contributed by atoms with van der Waals surface area (Å²) >= 11 is 0. The number of Topliss-reactive ketones (excluding diaryl/α,β-unsaturated/α-hetero) is 1. The predicted molar refractivity (Wildman–Crippen MR) is 67.6 cm³/mol. The van der Waals surface area contributed by atoms with Gasteiger partial charge in [-0.25, -0.2) is 14.2 Å². The molecule has 6 heteroatoms. The van der Waals surface area contributed by atoms with Gasteiger partial charge in [0.05, 0.1) is 6.20 Å². The Morgan fingerprint density at radius 1 is 1.20 bits per heavy atom. The number of ketones is 1. The van der Waals surface area contributed by atoms with Gasteiger partial charge in [0.2, 0.25) is 5.78 Å². The number of carbonyl (C=O) groups is 2. The number of hydrogen-bond acceptors (Lipinski definition) is 5. The zero-order valence-electron chi connectivity index (χ0n) is 10.6. The number of nitrogens with zero attached hydrogens (tertiary/aromatic N) is 2. The smallest absolute Gasteiger partial charge is 0.359 e. The standard InChI is InChI=1S/C14H11FN2O3/c1-9(13(18)10-2-4-11(15)5-3-10)20-14(19)12-8-16-6-7-17-12/h2-9H,1H3/t9-/m1/s1. The number of ether oxygens (including phenoxy) is 1. The summed E-state index contributed by atoms with van der Waals surface area (Å²) in [5, 5.41) is 0. The molecule has 1 aromatic heterocycles. The number of carbonyl (C=O) groups excluding carboxylic acids is 2. The first-order valence-electron chi connectivity index (χ1n) is 5.84. The van der Waals surface area contributed by atoms with E-state index in [4.69, 9.17) is 4.74 Å². The number of esters is 1. The maximum absolute atomic E-state index is 12.8. The van der Waals surface area contributed by atoms with E-state index in [9.17, 15) is 14.0 Å². The van der Waals surface area contributed by atoms with Gasteiger partial charge >= 0.3 is 5.97 Å². The van der Waals surface area contributed by atoms with Crippen molar-refractivity contribution in [1.29, 1.82) is 0 Å². The van der Waals surface area contributed by atoms with E-state index in [0.29, 0.717) is 0 Å². The van der Waals surface area contributed by atoms with E-state index in [0.717, 1.165) is 0 Å².